The van der Waals surface area contributed by atoms with Crippen molar-refractivity contribution >= 4 is 17.2 Å². The Bertz CT molecular complexity index is 1230. The molecule has 9 heteroatoms. The third kappa shape index (κ3) is 3.99. The van der Waals surface area contributed by atoms with Crippen molar-refractivity contribution in [3.05, 3.63) is 47.9 Å². The summed E-state index contributed by atoms with van der Waals surface area (Å²) in [4.78, 5) is 17.5. The maximum Gasteiger partial charge on any atom is 0.261 e. The van der Waals surface area contributed by atoms with E-state index in [-0.39, 0.29) is 17.6 Å². The fourth-order valence-corrected chi connectivity index (χ4v) is 5.32. The van der Waals surface area contributed by atoms with E-state index in [0.29, 0.717) is 41.2 Å². The zero-order valence-corrected chi connectivity index (χ0v) is 19.4. The van der Waals surface area contributed by atoms with Gasteiger partial charge < -0.3 is 24.8 Å². The molecule has 1 aromatic carbocycles. The lowest BCUT2D eigenvalue weighted by Gasteiger charge is -2.26. The normalized spacial score (nSPS) is 24.9. The minimum absolute atomic E-state index is 0.258. The van der Waals surface area contributed by atoms with Crippen LogP contribution in [0.2, 0.25) is 0 Å². The molecule has 1 amide bonds. The predicted octanol–water partition coefficient (Wildman–Crippen LogP) is 2.84. The van der Waals surface area contributed by atoms with Gasteiger partial charge in [0.25, 0.3) is 5.91 Å². The monoisotopic (exact) mass is 463 g/mol. The zero-order valence-electron chi connectivity index (χ0n) is 19.4. The molecule has 3 aliphatic rings. The number of amides is 1. The maximum absolute atomic E-state index is 13.2. The SMILES string of the molecule is CC1(C)Cc2cc(NC(=O)c3cnn4cccnc34)c(OC[C@@H]3C[C@@H]4NCCO[C@H]4C3)cc2O1. The fraction of sp³-hybridized carbons (Fsp3) is 0.480. The van der Waals surface area contributed by atoms with Crippen LogP contribution in [0.5, 0.6) is 11.5 Å². The summed E-state index contributed by atoms with van der Waals surface area (Å²) in [5.41, 5.74) is 2.31. The van der Waals surface area contributed by atoms with E-state index in [1.54, 1.807) is 23.0 Å². The van der Waals surface area contributed by atoms with E-state index in [1.807, 2.05) is 12.1 Å². The molecular formula is C25H29N5O4. The summed E-state index contributed by atoms with van der Waals surface area (Å²) in [5.74, 6) is 1.53. The van der Waals surface area contributed by atoms with Crippen molar-refractivity contribution in [2.24, 2.45) is 5.92 Å². The van der Waals surface area contributed by atoms with Crippen LogP contribution in [0, 0.1) is 5.92 Å². The molecule has 2 N–H and O–H groups in total. The standard InChI is InChI=1S/C25H29N5O4/c1-25(2)12-16-10-19(29-24(31)17-13-28-30-6-3-4-27-23(17)30)22(11-20(16)34-25)33-14-15-8-18-21(9-15)32-7-5-26-18/h3-4,6,10-11,13,15,18,21,26H,5,7-9,12,14H2,1-2H3,(H,29,31)/t15-,18+,21+/m1/s1. The Morgan fingerprint density at radius 2 is 2.26 bits per heavy atom. The van der Waals surface area contributed by atoms with Crippen LogP contribution in [0.1, 0.15) is 42.6 Å². The van der Waals surface area contributed by atoms with Gasteiger partial charge in [0.15, 0.2) is 5.65 Å². The third-order valence-electron chi connectivity index (χ3n) is 6.85. The Labute approximate surface area is 197 Å². The second-order valence-electron chi connectivity index (χ2n) is 10.0. The smallest absolute Gasteiger partial charge is 0.261 e. The minimum Gasteiger partial charge on any atom is -0.491 e. The van der Waals surface area contributed by atoms with Crippen LogP contribution in [0.4, 0.5) is 5.69 Å². The molecule has 1 aliphatic carbocycles. The van der Waals surface area contributed by atoms with Gasteiger partial charge in [0.2, 0.25) is 0 Å². The average Bonchev–Trinajstić information content (AvgIpc) is 3.50. The molecule has 1 saturated heterocycles. The van der Waals surface area contributed by atoms with Gasteiger partial charge in [-0.1, -0.05) is 0 Å². The number of rotatable bonds is 5. The van der Waals surface area contributed by atoms with Gasteiger partial charge in [-0.2, -0.15) is 5.10 Å². The first-order chi connectivity index (χ1) is 16.4. The minimum atomic E-state index is -0.293. The molecule has 2 fully saturated rings. The number of ether oxygens (including phenoxy) is 3. The highest BCUT2D eigenvalue weighted by Crippen LogP contribution is 2.42. The molecule has 0 spiro atoms. The Kier molecular flexibility index (Phi) is 5.18. The molecule has 1 saturated carbocycles. The molecule has 34 heavy (non-hydrogen) atoms. The van der Waals surface area contributed by atoms with Crippen LogP contribution in [0.3, 0.4) is 0 Å². The van der Waals surface area contributed by atoms with Crippen LogP contribution in [0.15, 0.2) is 36.8 Å². The van der Waals surface area contributed by atoms with E-state index in [0.717, 1.165) is 43.7 Å². The van der Waals surface area contributed by atoms with E-state index in [4.69, 9.17) is 14.2 Å². The number of carbonyl (C=O) groups is 1. The summed E-state index contributed by atoms with van der Waals surface area (Å²) >= 11 is 0. The lowest BCUT2D eigenvalue weighted by molar-refractivity contribution is 0.00966. The van der Waals surface area contributed by atoms with E-state index in [2.05, 4.69) is 34.6 Å². The third-order valence-corrected chi connectivity index (χ3v) is 6.85. The number of nitrogens with one attached hydrogen (secondary N) is 2. The molecule has 2 aliphatic heterocycles. The summed E-state index contributed by atoms with van der Waals surface area (Å²) in [7, 11) is 0. The summed E-state index contributed by atoms with van der Waals surface area (Å²) in [6.45, 7) is 6.34. The van der Waals surface area contributed by atoms with Crippen molar-refractivity contribution in [3.63, 3.8) is 0 Å². The van der Waals surface area contributed by atoms with E-state index < -0.39 is 0 Å². The molecule has 3 aromatic rings. The summed E-state index contributed by atoms with van der Waals surface area (Å²) in [5, 5.41) is 10.8. The van der Waals surface area contributed by atoms with Crippen LogP contribution in [-0.4, -0.2) is 58.0 Å². The van der Waals surface area contributed by atoms with Crippen molar-refractivity contribution < 1.29 is 19.0 Å². The second-order valence-corrected chi connectivity index (χ2v) is 10.0. The van der Waals surface area contributed by atoms with Gasteiger partial charge in [0, 0.05) is 43.0 Å². The lowest BCUT2D eigenvalue weighted by atomic mass is 10.0. The topological polar surface area (TPSA) is 99.0 Å². The number of hydrogen-bond donors (Lipinski definition) is 2. The van der Waals surface area contributed by atoms with Gasteiger partial charge in [0.1, 0.15) is 22.7 Å². The van der Waals surface area contributed by atoms with Crippen LogP contribution >= 0.6 is 0 Å². The van der Waals surface area contributed by atoms with Gasteiger partial charge in [-0.05, 0) is 44.7 Å². The number of fused-ring (bicyclic) bond motifs is 3. The van der Waals surface area contributed by atoms with Crippen molar-refractivity contribution in [1.82, 2.24) is 19.9 Å². The summed E-state index contributed by atoms with van der Waals surface area (Å²) in [6.07, 6.45) is 7.96. The number of carbonyl (C=O) groups excluding carboxylic acids is 1. The molecule has 3 atom stereocenters. The molecule has 9 nitrogen and oxygen atoms in total. The molecule has 0 bridgehead atoms. The van der Waals surface area contributed by atoms with Crippen molar-refractivity contribution in [3.8, 4) is 11.5 Å². The largest absolute Gasteiger partial charge is 0.491 e. The average molecular weight is 464 g/mol. The first-order valence-electron chi connectivity index (χ1n) is 11.9. The van der Waals surface area contributed by atoms with Gasteiger partial charge in [-0.25, -0.2) is 9.50 Å². The van der Waals surface area contributed by atoms with Crippen molar-refractivity contribution in [2.45, 2.75) is 50.9 Å². The highest BCUT2D eigenvalue weighted by molar-refractivity contribution is 6.08. The van der Waals surface area contributed by atoms with E-state index in [1.165, 1.54) is 6.20 Å². The number of benzene rings is 1. The Hall–Kier alpha value is -3.17. The predicted molar refractivity (Wildman–Crippen MR) is 126 cm³/mol. The van der Waals surface area contributed by atoms with Crippen molar-refractivity contribution in [1.29, 1.82) is 0 Å². The Balaban J connectivity index is 1.24. The Morgan fingerprint density at radius 1 is 1.35 bits per heavy atom. The number of anilines is 1. The van der Waals surface area contributed by atoms with Gasteiger partial charge >= 0.3 is 0 Å². The van der Waals surface area contributed by atoms with Crippen LogP contribution in [0.25, 0.3) is 5.65 Å². The number of morpholine rings is 1. The van der Waals surface area contributed by atoms with E-state index >= 15 is 0 Å². The number of hydrogen-bond acceptors (Lipinski definition) is 7. The van der Waals surface area contributed by atoms with E-state index in [9.17, 15) is 4.79 Å². The highest BCUT2D eigenvalue weighted by atomic mass is 16.5. The van der Waals surface area contributed by atoms with Gasteiger partial charge in [-0.15, -0.1) is 0 Å². The maximum atomic E-state index is 13.2. The molecule has 0 unspecified atom stereocenters. The molecule has 2 aromatic heterocycles. The lowest BCUT2D eigenvalue weighted by Crippen LogP contribution is -2.44. The molecular weight excluding hydrogens is 434 g/mol. The summed E-state index contributed by atoms with van der Waals surface area (Å²) in [6, 6.07) is 6.05. The fourth-order valence-electron chi connectivity index (χ4n) is 5.32. The Morgan fingerprint density at radius 3 is 3.15 bits per heavy atom. The quantitative estimate of drug-likeness (QED) is 0.600. The highest BCUT2D eigenvalue weighted by Gasteiger charge is 2.37. The summed E-state index contributed by atoms with van der Waals surface area (Å²) < 4.78 is 19.9. The van der Waals surface area contributed by atoms with Gasteiger partial charge in [-0.3, -0.25) is 4.79 Å². The number of aromatic nitrogens is 3. The van der Waals surface area contributed by atoms with Crippen molar-refractivity contribution in [2.75, 3.05) is 25.1 Å². The number of nitrogens with zero attached hydrogens (tertiary/aromatic N) is 3. The molecule has 6 rings (SSSR count). The molecule has 178 valence electrons. The first kappa shape index (κ1) is 21.4. The molecule has 0 radical (unpaired) electrons. The van der Waals surface area contributed by atoms with Crippen LogP contribution < -0.4 is 20.1 Å². The second kappa shape index (κ2) is 8.25. The molecule has 4 heterocycles. The van der Waals surface area contributed by atoms with Gasteiger partial charge in [0.05, 0.1) is 31.2 Å². The zero-order chi connectivity index (χ0) is 23.3. The van der Waals surface area contributed by atoms with Crippen LogP contribution in [-0.2, 0) is 11.2 Å². The first-order valence-corrected chi connectivity index (χ1v) is 11.9.